The lowest BCUT2D eigenvalue weighted by Gasteiger charge is -2.15. The molecule has 0 aliphatic rings. The molecule has 0 aliphatic carbocycles. The van der Waals surface area contributed by atoms with Gasteiger partial charge in [0.05, 0.1) is 19.1 Å². The highest BCUT2D eigenvalue weighted by Gasteiger charge is 2.15. The molecule has 6 heteroatoms. The average molecular weight is 264 g/mol. The predicted molar refractivity (Wildman–Crippen MR) is 65.2 cm³/mol. The molecule has 0 radical (unpaired) electrons. The van der Waals surface area contributed by atoms with Crippen LogP contribution in [0, 0.1) is 5.92 Å². The number of aliphatic hydroxyl groups excluding tert-OH is 3. The fraction of sp³-hybridized carbons (Fsp3) is 0.917. The van der Waals surface area contributed by atoms with E-state index < -0.39 is 24.8 Å². The molecule has 0 aliphatic heterocycles. The van der Waals surface area contributed by atoms with Crippen molar-refractivity contribution in [1.82, 2.24) is 0 Å². The third-order valence-electron chi connectivity index (χ3n) is 2.85. The van der Waals surface area contributed by atoms with E-state index in [2.05, 4.69) is 0 Å². The lowest BCUT2D eigenvalue weighted by Crippen LogP contribution is -2.33. The summed E-state index contributed by atoms with van der Waals surface area (Å²) in [4.78, 5) is 10.7. The standard InChI is InChI=1S/C12H24O6/c1-2-9(12(16)17)5-3-4-6-18-8-11(15)10(14)7-13/h9-11,13-15H,2-8H2,1H3,(H,16,17)/t9?,10-,11+/m1/s1. The molecular weight excluding hydrogens is 240 g/mol. The minimum Gasteiger partial charge on any atom is -0.481 e. The number of hydrogen-bond donors (Lipinski definition) is 4. The Labute approximate surface area is 107 Å². The molecule has 0 aromatic rings. The van der Waals surface area contributed by atoms with Gasteiger partial charge in [-0.05, 0) is 19.3 Å². The molecule has 0 rings (SSSR count). The molecule has 0 saturated carbocycles. The van der Waals surface area contributed by atoms with Gasteiger partial charge in [-0.25, -0.2) is 0 Å². The van der Waals surface area contributed by atoms with E-state index in [1.54, 1.807) is 0 Å². The number of hydrogen-bond acceptors (Lipinski definition) is 5. The highest BCUT2D eigenvalue weighted by atomic mass is 16.5. The second-order valence-corrected chi connectivity index (χ2v) is 4.33. The van der Waals surface area contributed by atoms with Gasteiger partial charge in [0, 0.05) is 6.61 Å². The Morgan fingerprint density at radius 1 is 1.22 bits per heavy atom. The van der Waals surface area contributed by atoms with Gasteiger partial charge in [-0.3, -0.25) is 4.79 Å². The second kappa shape index (κ2) is 10.3. The van der Waals surface area contributed by atoms with Gasteiger partial charge < -0.3 is 25.2 Å². The lowest BCUT2D eigenvalue weighted by molar-refractivity contribution is -0.142. The number of carbonyl (C=O) groups is 1. The van der Waals surface area contributed by atoms with Gasteiger partial charge >= 0.3 is 5.97 Å². The van der Waals surface area contributed by atoms with E-state index in [1.165, 1.54) is 0 Å². The summed E-state index contributed by atoms with van der Waals surface area (Å²) in [6, 6.07) is 0. The summed E-state index contributed by atoms with van der Waals surface area (Å²) in [5.41, 5.74) is 0. The van der Waals surface area contributed by atoms with Gasteiger partial charge in [-0.2, -0.15) is 0 Å². The highest BCUT2D eigenvalue weighted by molar-refractivity contribution is 5.69. The number of carboxylic acid groups (broad SMARTS) is 1. The zero-order valence-electron chi connectivity index (χ0n) is 10.8. The van der Waals surface area contributed by atoms with Crippen LogP contribution in [0.15, 0.2) is 0 Å². The number of ether oxygens (including phenoxy) is 1. The fourth-order valence-corrected chi connectivity index (χ4v) is 1.53. The Morgan fingerprint density at radius 3 is 2.39 bits per heavy atom. The van der Waals surface area contributed by atoms with Crippen molar-refractivity contribution in [2.45, 2.75) is 44.8 Å². The quantitative estimate of drug-likeness (QED) is 0.391. The molecule has 0 saturated heterocycles. The van der Waals surface area contributed by atoms with Crippen LogP contribution in [-0.4, -0.2) is 58.4 Å². The Morgan fingerprint density at radius 2 is 1.89 bits per heavy atom. The molecule has 0 aromatic carbocycles. The zero-order valence-corrected chi connectivity index (χ0v) is 10.8. The number of carboxylic acids is 1. The van der Waals surface area contributed by atoms with Crippen LogP contribution >= 0.6 is 0 Å². The van der Waals surface area contributed by atoms with E-state index in [0.29, 0.717) is 25.9 Å². The highest BCUT2D eigenvalue weighted by Crippen LogP contribution is 2.12. The molecule has 0 heterocycles. The minimum absolute atomic E-state index is 0.0299. The van der Waals surface area contributed by atoms with Crippen LogP contribution in [-0.2, 0) is 9.53 Å². The molecule has 0 aromatic heterocycles. The van der Waals surface area contributed by atoms with Crippen LogP contribution < -0.4 is 0 Å². The Balaban J connectivity index is 3.48. The first-order chi connectivity index (χ1) is 8.52. The summed E-state index contributed by atoms with van der Waals surface area (Å²) in [6.45, 7) is 1.73. The van der Waals surface area contributed by atoms with E-state index in [0.717, 1.165) is 6.42 Å². The van der Waals surface area contributed by atoms with Crippen molar-refractivity contribution in [2.24, 2.45) is 5.92 Å². The second-order valence-electron chi connectivity index (χ2n) is 4.33. The Hall–Kier alpha value is -0.690. The lowest BCUT2D eigenvalue weighted by atomic mass is 10.00. The molecule has 108 valence electrons. The zero-order chi connectivity index (χ0) is 14.0. The van der Waals surface area contributed by atoms with Crippen molar-refractivity contribution < 1.29 is 30.0 Å². The number of aliphatic carboxylic acids is 1. The number of rotatable bonds is 11. The SMILES string of the molecule is CCC(CCCCOC[C@H](O)[C@H](O)CO)C(=O)O. The fourth-order valence-electron chi connectivity index (χ4n) is 1.53. The summed E-state index contributed by atoms with van der Waals surface area (Å²) in [5, 5.41) is 35.7. The molecule has 4 N–H and O–H groups in total. The first kappa shape index (κ1) is 17.3. The molecule has 3 atom stereocenters. The largest absolute Gasteiger partial charge is 0.481 e. The maximum Gasteiger partial charge on any atom is 0.306 e. The summed E-state index contributed by atoms with van der Waals surface area (Å²) >= 11 is 0. The maximum absolute atomic E-state index is 10.7. The Kier molecular flexibility index (Phi) is 9.86. The third kappa shape index (κ3) is 7.60. The average Bonchev–Trinajstić information content (AvgIpc) is 2.36. The topological polar surface area (TPSA) is 107 Å². The van der Waals surface area contributed by atoms with Crippen LogP contribution in [0.2, 0.25) is 0 Å². The van der Waals surface area contributed by atoms with E-state index in [4.69, 9.17) is 20.1 Å². The monoisotopic (exact) mass is 264 g/mol. The van der Waals surface area contributed by atoms with Crippen LogP contribution in [0.3, 0.4) is 0 Å². The summed E-state index contributed by atoms with van der Waals surface area (Å²) in [7, 11) is 0. The summed E-state index contributed by atoms with van der Waals surface area (Å²) in [5.74, 6) is -1.06. The van der Waals surface area contributed by atoms with Crippen molar-refractivity contribution in [1.29, 1.82) is 0 Å². The van der Waals surface area contributed by atoms with Gasteiger partial charge in [0.25, 0.3) is 0 Å². The molecular formula is C12H24O6. The number of unbranched alkanes of at least 4 members (excludes halogenated alkanes) is 1. The van der Waals surface area contributed by atoms with Gasteiger partial charge in [0.1, 0.15) is 12.2 Å². The van der Waals surface area contributed by atoms with Crippen LogP contribution in [0.1, 0.15) is 32.6 Å². The molecule has 0 bridgehead atoms. The minimum atomic E-state index is -1.18. The number of aliphatic hydroxyl groups is 3. The predicted octanol–water partition coefficient (Wildman–Crippen LogP) is -0.00180. The van der Waals surface area contributed by atoms with Gasteiger partial charge in [0.2, 0.25) is 0 Å². The van der Waals surface area contributed by atoms with Crippen molar-refractivity contribution in [3.05, 3.63) is 0 Å². The maximum atomic E-state index is 10.7. The van der Waals surface area contributed by atoms with Gasteiger partial charge in [0.15, 0.2) is 0 Å². The van der Waals surface area contributed by atoms with Crippen molar-refractivity contribution in [3.63, 3.8) is 0 Å². The van der Waals surface area contributed by atoms with Gasteiger partial charge in [-0.1, -0.05) is 13.3 Å². The first-order valence-corrected chi connectivity index (χ1v) is 6.30. The molecule has 18 heavy (non-hydrogen) atoms. The summed E-state index contributed by atoms with van der Waals surface area (Å²) < 4.78 is 5.13. The van der Waals surface area contributed by atoms with Crippen molar-refractivity contribution in [3.8, 4) is 0 Å². The molecule has 0 amide bonds. The molecule has 1 unspecified atom stereocenters. The molecule has 0 spiro atoms. The molecule has 0 fully saturated rings. The third-order valence-corrected chi connectivity index (χ3v) is 2.85. The van der Waals surface area contributed by atoms with E-state index >= 15 is 0 Å². The normalized spacial score (nSPS) is 16.2. The summed E-state index contributed by atoms with van der Waals surface area (Å²) in [6.07, 6.45) is 0.447. The van der Waals surface area contributed by atoms with Crippen LogP contribution in [0.4, 0.5) is 0 Å². The van der Waals surface area contributed by atoms with E-state index in [-0.39, 0.29) is 12.5 Å². The first-order valence-electron chi connectivity index (χ1n) is 6.30. The Bertz CT molecular complexity index is 221. The smallest absolute Gasteiger partial charge is 0.306 e. The van der Waals surface area contributed by atoms with Crippen molar-refractivity contribution in [2.75, 3.05) is 19.8 Å². The van der Waals surface area contributed by atoms with Crippen LogP contribution in [0.5, 0.6) is 0 Å². The van der Waals surface area contributed by atoms with Crippen molar-refractivity contribution >= 4 is 5.97 Å². The van der Waals surface area contributed by atoms with E-state index in [9.17, 15) is 9.90 Å². The van der Waals surface area contributed by atoms with Gasteiger partial charge in [-0.15, -0.1) is 0 Å². The van der Waals surface area contributed by atoms with Crippen LogP contribution in [0.25, 0.3) is 0 Å². The molecule has 6 nitrogen and oxygen atoms in total. The van der Waals surface area contributed by atoms with E-state index in [1.807, 2.05) is 6.92 Å².